The fourth-order valence-electron chi connectivity index (χ4n) is 3.26. The van der Waals surface area contributed by atoms with Crippen molar-refractivity contribution in [3.8, 4) is 5.75 Å². The standard InChI is InChI=1S/C28H18Cl3N3O4/c29-20-10-8-17(9-11-20)28(37)38-25-7-2-1-4-19(25)16-32-34-26(35)18-5-3-6-22(14-18)33-27(36)23-13-12-21(30)15-24(23)31/h1-16H,(H,33,36)(H,34,35). The third-order valence-corrected chi connectivity index (χ3v) is 5.93. The summed E-state index contributed by atoms with van der Waals surface area (Å²) >= 11 is 17.8. The van der Waals surface area contributed by atoms with Crippen LogP contribution in [0.25, 0.3) is 0 Å². The van der Waals surface area contributed by atoms with Crippen molar-refractivity contribution < 1.29 is 19.1 Å². The van der Waals surface area contributed by atoms with Crippen LogP contribution in [-0.2, 0) is 0 Å². The highest BCUT2D eigenvalue weighted by atomic mass is 35.5. The lowest BCUT2D eigenvalue weighted by molar-refractivity contribution is 0.0734. The number of amides is 2. The van der Waals surface area contributed by atoms with Gasteiger partial charge in [0.25, 0.3) is 11.8 Å². The molecule has 0 aliphatic carbocycles. The predicted molar refractivity (Wildman–Crippen MR) is 149 cm³/mol. The normalized spacial score (nSPS) is 10.7. The average molecular weight is 567 g/mol. The van der Waals surface area contributed by atoms with Crippen molar-refractivity contribution in [3.63, 3.8) is 0 Å². The summed E-state index contributed by atoms with van der Waals surface area (Å²) in [6.07, 6.45) is 1.36. The lowest BCUT2D eigenvalue weighted by atomic mass is 10.1. The molecule has 0 bridgehead atoms. The zero-order valence-corrected chi connectivity index (χ0v) is 21.7. The number of hydrazone groups is 1. The fourth-order valence-corrected chi connectivity index (χ4v) is 3.88. The molecule has 4 aromatic carbocycles. The van der Waals surface area contributed by atoms with Gasteiger partial charge in [0.15, 0.2) is 0 Å². The van der Waals surface area contributed by atoms with Gasteiger partial charge in [-0.05, 0) is 72.8 Å². The summed E-state index contributed by atoms with van der Waals surface area (Å²) in [6, 6.07) is 23.9. The van der Waals surface area contributed by atoms with Crippen LogP contribution in [0.2, 0.25) is 15.1 Å². The van der Waals surface area contributed by atoms with Gasteiger partial charge in [-0.15, -0.1) is 0 Å². The van der Waals surface area contributed by atoms with E-state index in [1.165, 1.54) is 24.4 Å². The molecule has 38 heavy (non-hydrogen) atoms. The number of ether oxygens (including phenoxy) is 1. The van der Waals surface area contributed by atoms with Gasteiger partial charge in [0, 0.05) is 26.9 Å². The van der Waals surface area contributed by atoms with E-state index in [1.54, 1.807) is 72.8 Å². The van der Waals surface area contributed by atoms with Crippen LogP contribution in [0.15, 0.2) is 96.1 Å². The summed E-state index contributed by atoms with van der Waals surface area (Å²) in [6.45, 7) is 0. The Labute approximate surface area is 233 Å². The second-order valence-corrected chi connectivity index (χ2v) is 9.07. The highest BCUT2D eigenvalue weighted by molar-refractivity contribution is 6.37. The minimum Gasteiger partial charge on any atom is -0.422 e. The number of rotatable bonds is 7. The number of halogens is 3. The van der Waals surface area contributed by atoms with Crippen molar-refractivity contribution in [1.29, 1.82) is 0 Å². The monoisotopic (exact) mass is 565 g/mol. The maximum Gasteiger partial charge on any atom is 0.343 e. The minimum absolute atomic E-state index is 0.206. The van der Waals surface area contributed by atoms with Gasteiger partial charge in [0.1, 0.15) is 5.75 Å². The van der Waals surface area contributed by atoms with E-state index >= 15 is 0 Å². The van der Waals surface area contributed by atoms with E-state index in [9.17, 15) is 14.4 Å². The number of nitrogens with one attached hydrogen (secondary N) is 2. The van der Waals surface area contributed by atoms with E-state index in [0.717, 1.165) is 0 Å². The number of carbonyl (C=O) groups is 3. The molecule has 10 heteroatoms. The summed E-state index contributed by atoms with van der Waals surface area (Å²) < 4.78 is 5.47. The molecule has 4 rings (SSSR count). The van der Waals surface area contributed by atoms with Crippen LogP contribution in [0.5, 0.6) is 5.75 Å². The Hall–Kier alpha value is -4.17. The van der Waals surface area contributed by atoms with Gasteiger partial charge >= 0.3 is 5.97 Å². The van der Waals surface area contributed by atoms with Gasteiger partial charge < -0.3 is 10.1 Å². The van der Waals surface area contributed by atoms with Crippen LogP contribution in [-0.4, -0.2) is 24.0 Å². The molecule has 7 nitrogen and oxygen atoms in total. The first kappa shape index (κ1) is 26.9. The van der Waals surface area contributed by atoms with E-state index in [1.807, 2.05) is 0 Å². The van der Waals surface area contributed by atoms with Gasteiger partial charge in [-0.2, -0.15) is 5.10 Å². The Bertz CT molecular complexity index is 1540. The molecule has 0 saturated heterocycles. The maximum atomic E-state index is 12.6. The van der Waals surface area contributed by atoms with Gasteiger partial charge in [0.05, 0.1) is 22.4 Å². The summed E-state index contributed by atoms with van der Waals surface area (Å²) in [7, 11) is 0. The fraction of sp³-hybridized carbons (Fsp3) is 0. The number of hydrogen-bond acceptors (Lipinski definition) is 5. The van der Waals surface area contributed by atoms with Gasteiger partial charge in [0.2, 0.25) is 0 Å². The van der Waals surface area contributed by atoms with E-state index in [4.69, 9.17) is 39.5 Å². The molecule has 2 N–H and O–H groups in total. The zero-order chi connectivity index (χ0) is 27.1. The molecule has 4 aromatic rings. The number of carbonyl (C=O) groups excluding carboxylic acids is 3. The maximum absolute atomic E-state index is 12.6. The molecule has 2 amide bonds. The lowest BCUT2D eigenvalue weighted by Crippen LogP contribution is -2.18. The quantitative estimate of drug-likeness (QED) is 0.110. The number of hydrogen-bond donors (Lipinski definition) is 2. The van der Waals surface area contributed by atoms with Crippen LogP contribution < -0.4 is 15.5 Å². The van der Waals surface area contributed by atoms with Crippen LogP contribution in [0.4, 0.5) is 5.69 Å². The molecule has 0 saturated carbocycles. The SMILES string of the molecule is O=C(NN=Cc1ccccc1OC(=O)c1ccc(Cl)cc1)c1cccc(NC(=O)c2ccc(Cl)cc2Cl)c1. The Kier molecular flexibility index (Phi) is 8.76. The molecule has 0 spiro atoms. The Balaban J connectivity index is 1.40. The molecule has 0 aliphatic rings. The molecular weight excluding hydrogens is 549 g/mol. The predicted octanol–water partition coefficient (Wildman–Crippen LogP) is 6.88. The van der Waals surface area contributed by atoms with Crippen LogP contribution in [0.1, 0.15) is 36.6 Å². The van der Waals surface area contributed by atoms with Gasteiger partial charge in [-0.3, -0.25) is 9.59 Å². The van der Waals surface area contributed by atoms with E-state index < -0.39 is 17.8 Å². The van der Waals surface area contributed by atoms with Gasteiger partial charge in [-0.25, -0.2) is 10.2 Å². The number of para-hydroxylation sites is 1. The molecule has 0 aliphatic heterocycles. The summed E-state index contributed by atoms with van der Waals surface area (Å²) in [4.78, 5) is 37.7. The zero-order valence-electron chi connectivity index (χ0n) is 19.5. The average Bonchev–Trinajstić information content (AvgIpc) is 2.90. The van der Waals surface area contributed by atoms with Crippen LogP contribution in [0.3, 0.4) is 0 Å². The number of esters is 1. The summed E-state index contributed by atoms with van der Waals surface area (Å²) in [5.74, 6) is -1.27. The second kappa shape index (κ2) is 12.4. The van der Waals surface area contributed by atoms with E-state index in [0.29, 0.717) is 26.9 Å². The third-order valence-electron chi connectivity index (χ3n) is 5.13. The molecule has 0 heterocycles. The molecule has 0 unspecified atom stereocenters. The van der Waals surface area contributed by atoms with Crippen molar-refractivity contribution in [1.82, 2.24) is 5.43 Å². The minimum atomic E-state index is -0.565. The Morgan fingerprint density at radius 3 is 2.24 bits per heavy atom. The first-order valence-electron chi connectivity index (χ1n) is 11.1. The Morgan fingerprint density at radius 2 is 1.47 bits per heavy atom. The number of benzene rings is 4. The lowest BCUT2D eigenvalue weighted by Gasteiger charge is -2.09. The molecular formula is C28H18Cl3N3O4. The number of anilines is 1. The topological polar surface area (TPSA) is 96.9 Å². The second-order valence-electron chi connectivity index (χ2n) is 7.79. The van der Waals surface area contributed by atoms with Crippen molar-refractivity contribution in [2.75, 3.05) is 5.32 Å². The summed E-state index contributed by atoms with van der Waals surface area (Å²) in [5.41, 5.74) is 4.10. The van der Waals surface area contributed by atoms with Crippen molar-refractivity contribution in [3.05, 3.63) is 128 Å². The van der Waals surface area contributed by atoms with Crippen molar-refractivity contribution in [2.45, 2.75) is 0 Å². The highest BCUT2D eigenvalue weighted by Gasteiger charge is 2.13. The smallest absolute Gasteiger partial charge is 0.343 e. The van der Waals surface area contributed by atoms with E-state index in [2.05, 4.69) is 15.8 Å². The van der Waals surface area contributed by atoms with Crippen LogP contribution in [0, 0.1) is 0 Å². The first-order valence-corrected chi connectivity index (χ1v) is 12.2. The van der Waals surface area contributed by atoms with Crippen molar-refractivity contribution >= 4 is 64.5 Å². The highest BCUT2D eigenvalue weighted by Crippen LogP contribution is 2.23. The number of nitrogens with zero attached hydrogens (tertiary/aromatic N) is 1. The third kappa shape index (κ3) is 6.98. The van der Waals surface area contributed by atoms with E-state index in [-0.39, 0.29) is 21.9 Å². The van der Waals surface area contributed by atoms with Gasteiger partial charge in [-0.1, -0.05) is 53.0 Å². The molecule has 0 atom stereocenters. The molecule has 190 valence electrons. The van der Waals surface area contributed by atoms with Crippen molar-refractivity contribution in [2.24, 2.45) is 5.10 Å². The first-order chi connectivity index (χ1) is 18.3. The Morgan fingerprint density at radius 1 is 0.737 bits per heavy atom. The molecule has 0 fully saturated rings. The molecule has 0 radical (unpaired) electrons. The van der Waals surface area contributed by atoms with Crippen LogP contribution >= 0.6 is 34.8 Å². The largest absolute Gasteiger partial charge is 0.422 e. The summed E-state index contributed by atoms with van der Waals surface area (Å²) in [5, 5.41) is 7.79. The molecule has 0 aromatic heterocycles.